The van der Waals surface area contributed by atoms with Crippen molar-refractivity contribution in [1.29, 1.82) is 0 Å². The van der Waals surface area contributed by atoms with E-state index in [1.807, 2.05) is 19.9 Å². The molecule has 6 nitrogen and oxygen atoms in total. The summed E-state index contributed by atoms with van der Waals surface area (Å²) >= 11 is 0. The Morgan fingerprint density at radius 2 is 1.95 bits per heavy atom. The fourth-order valence-corrected chi connectivity index (χ4v) is 2.87. The molecule has 1 aliphatic rings. The number of carbonyl (C=O) groups excluding carboxylic acids is 1. The summed E-state index contributed by atoms with van der Waals surface area (Å²) in [5.41, 5.74) is 13.6. The van der Waals surface area contributed by atoms with Gasteiger partial charge in [0.15, 0.2) is 0 Å². The van der Waals surface area contributed by atoms with Gasteiger partial charge in [0.2, 0.25) is 0 Å². The van der Waals surface area contributed by atoms with E-state index in [-0.39, 0.29) is 0 Å². The average Bonchev–Trinajstić information content (AvgIpc) is 2.45. The molecule has 1 aromatic rings. The summed E-state index contributed by atoms with van der Waals surface area (Å²) in [6.45, 7) is 10.2. The van der Waals surface area contributed by atoms with Crippen LogP contribution in [0.5, 0.6) is 0 Å². The van der Waals surface area contributed by atoms with Crippen molar-refractivity contribution in [2.45, 2.75) is 26.8 Å². The number of rotatable bonds is 4. The molecule has 1 amide bonds. The lowest BCUT2D eigenvalue weighted by Gasteiger charge is -2.38. The van der Waals surface area contributed by atoms with Gasteiger partial charge in [0.05, 0.1) is 5.56 Å². The average molecular weight is 291 g/mol. The van der Waals surface area contributed by atoms with Crippen molar-refractivity contribution in [2.24, 2.45) is 11.5 Å². The first-order valence-corrected chi connectivity index (χ1v) is 7.41. The van der Waals surface area contributed by atoms with E-state index in [0.717, 1.165) is 43.3 Å². The maximum atomic E-state index is 11.7. The van der Waals surface area contributed by atoms with Crippen LogP contribution < -0.4 is 16.4 Å². The predicted molar refractivity (Wildman–Crippen MR) is 84.5 cm³/mol. The van der Waals surface area contributed by atoms with Crippen LogP contribution in [0.25, 0.3) is 0 Å². The second-order valence-electron chi connectivity index (χ2n) is 5.75. The molecule has 0 aliphatic carbocycles. The maximum absolute atomic E-state index is 11.7. The standard InChI is InChI=1S/C15H25N5O/c1-10-8-11(2)18-15(13(10)14(17)21)20-6-4-19(5-7-20)12(3)9-16/h8,12H,4-7,9,16H2,1-3H3,(H2,17,21). The van der Waals surface area contributed by atoms with Crippen LogP contribution in [0.2, 0.25) is 0 Å². The molecule has 0 bridgehead atoms. The minimum Gasteiger partial charge on any atom is -0.365 e. The van der Waals surface area contributed by atoms with Crippen molar-refractivity contribution in [3.8, 4) is 0 Å². The van der Waals surface area contributed by atoms with E-state index in [1.165, 1.54) is 0 Å². The number of piperazine rings is 1. The largest absolute Gasteiger partial charge is 0.365 e. The quantitative estimate of drug-likeness (QED) is 0.831. The highest BCUT2D eigenvalue weighted by Gasteiger charge is 2.25. The number of carbonyl (C=O) groups is 1. The first kappa shape index (κ1) is 15.7. The zero-order valence-electron chi connectivity index (χ0n) is 13.1. The molecular formula is C15H25N5O. The van der Waals surface area contributed by atoms with Crippen LogP contribution in [0, 0.1) is 13.8 Å². The molecule has 1 atom stereocenters. The maximum Gasteiger partial charge on any atom is 0.252 e. The van der Waals surface area contributed by atoms with E-state index >= 15 is 0 Å². The fraction of sp³-hybridized carbons (Fsp3) is 0.600. The molecule has 6 heteroatoms. The monoisotopic (exact) mass is 291 g/mol. The van der Waals surface area contributed by atoms with E-state index in [2.05, 4.69) is 21.7 Å². The molecule has 0 spiro atoms. The van der Waals surface area contributed by atoms with E-state index in [4.69, 9.17) is 11.5 Å². The summed E-state index contributed by atoms with van der Waals surface area (Å²) in [7, 11) is 0. The Hall–Kier alpha value is -1.66. The molecule has 2 heterocycles. The van der Waals surface area contributed by atoms with Crippen LogP contribution in [-0.2, 0) is 0 Å². The first-order valence-electron chi connectivity index (χ1n) is 7.41. The van der Waals surface area contributed by atoms with Gasteiger partial charge in [0.25, 0.3) is 5.91 Å². The summed E-state index contributed by atoms with van der Waals surface area (Å²) in [5, 5.41) is 0. The van der Waals surface area contributed by atoms with E-state index < -0.39 is 5.91 Å². The number of hydrogen-bond acceptors (Lipinski definition) is 5. The number of aryl methyl sites for hydroxylation is 2. The van der Waals surface area contributed by atoms with Gasteiger partial charge in [-0.1, -0.05) is 0 Å². The Bertz CT molecular complexity index is 523. The number of hydrogen-bond donors (Lipinski definition) is 2. The molecule has 1 aromatic heterocycles. The van der Waals surface area contributed by atoms with Crippen molar-refractivity contribution in [1.82, 2.24) is 9.88 Å². The molecule has 2 rings (SSSR count). The van der Waals surface area contributed by atoms with Gasteiger partial charge in [-0.15, -0.1) is 0 Å². The number of pyridine rings is 1. The van der Waals surface area contributed by atoms with Gasteiger partial charge in [-0.05, 0) is 32.4 Å². The van der Waals surface area contributed by atoms with Crippen LogP contribution in [0.3, 0.4) is 0 Å². The van der Waals surface area contributed by atoms with Crippen molar-refractivity contribution in [3.05, 3.63) is 22.9 Å². The number of nitrogens with two attached hydrogens (primary N) is 2. The van der Waals surface area contributed by atoms with Gasteiger partial charge in [-0.2, -0.15) is 0 Å². The minimum absolute atomic E-state index is 0.384. The highest BCUT2D eigenvalue weighted by molar-refractivity contribution is 5.99. The second-order valence-corrected chi connectivity index (χ2v) is 5.75. The van der Waals surface area contributed by atoms with Crippen LogP contribution in [-0.4, -0.2) is 54.6 Å². The summed E-state index contributed by atoms with van der Waals surface area (Å²) in [4.78, 5) is 20.8. The number of aromatic nitrogens is 1. The molecule has 21 heavy (non-hydrogen) atoms. The number of nitrogens with zero attached hydrogens (tertiary/aromatic N) is 3. The van der Waals surface area contributed by atoms with Crippen LogP contribution in [0.15, 0.2) is 6.07 Å². The molecule has 1 fully saturated rings. The molecule has 116 valence electrons. The van der Waals surface area contributed by atoms with Crippen molar-refractivity contribution in [3.63, 3.8) is 0 Å². The van der Waals surface area contributed by atoms with Crippen LogP contribution in [0.4, 0.5) is 5.82 Å². The smallest absolute Gasteiger partial charge is 0.252 e. The third-order valence-corrected chi connectivity index (χ3v) is 4.15. The summed E-state index contributed by atoms with van der Waals surface area (Å²) in [5.74, 6) is 0.313. The Morgan fingerprint density at radius 1 is 1.33 bits per heavy atom. The molecule has 4 N–H and O–H groups in total. The SMILES string of the molecule is Cc1cc(C)c(C(N)=O)c(N2CCN(C(C)CN)CC2)n1. The minimum atomic E-state index is -0.409. The molecule has 1 saturated heterocycles. The summed E-state index contributed by atoms with van der Waals surface area (Å²) in [6.07, 6.45) is 0. The Labute approximate surface area is 126 Å². The zero-order valence-corrected chi connectivity index (χ0v) is 13.1. The number of primary amides is 1. The normalized spacial score (nSPS) is 17.8. The fourth-order valence-electron chi connectivity index (χ4n) is 2.87. The third-order valence-electron chi connectivity index (χ3n) is 4.15. The molecule has 0 radical (unpaired) electrons. The number of amides is 1. The number of anilines is 1. The topological polar surface area (TPSA) is 88.5 Å². The first-order chi connectivity index (χ1) is 9.93. The van der Waals surface area contributed by atoms with Crippen LogP contribution in [0.1, 0.15) is 28.5 Å². The summed E-state index contributed by atoms with van der Waals surface area (Å²) < 4.78 is 0. The van der Waals surface area contributed by atoms with Gasteiger partial charge in [0, 0.05) is 44.5 Å². The lowest BCUT2D eigenvalue weighted by atomic mass is 10.1. The van der Waals surface area contributed by atoms with Gasteiger partial charge in [-0.25, -0.2) is 4.98 Å². The molecule has 1 unspecified atom stereocenters. The van der Waals surface area contributed by atoms with Gasteiger partial charge in [0.1, 0.15) is 5.82 Å². The van der Waals surface area contributed by atoms with E-state index in [0.29, 0.717) is 18.2 Å². The highest BCUT2D eigenvalue weighted by Crippen LogP contribution is 2.23. The second kappa shape index (κ2) is 6.41. The van der Waals surface area contributed by atoms with E-state index in [9.17, 15) is 4.79 Å². The molecule has 1 aliphatic heterocycles. The third kappa shape index (κ3) is 3.33. The Morgan fingerprint density at radius 3 is 2.48 bits per heavy atom. The summed E-state index contributed by atoms with van der Waals surface area (Å²) in [6, 6.07) is 2.28. The molecule has 0 saturated carbocycles. The Balaban J connectivity index is 2.22. The van der Waals surface area contributed by atoms with Crippen LogP contribution >= 0.6 is 0 Å². The lowest BCUT2D eigenvalue weighted by Crippen LogP contribution is -2.52. The highest BCUT2D eigenvalue weighted by atomic mass is 16.1. The van der Waals surface area contributed by atoms with Crippen molar-refractivity contribution < 1.29 is 4.79 Å². The van der Waals surface area contributed by atoms with Gasteiger partial charge < -0.3 is 16.4 Å². The zero-order chi connectivity index (χ0) is 15.6. The van der Waals surface area contributed by atoms with Crippen molar-refractivity contribution >= 4 is 11.7 Å². The lowest BCUT2D eigenvalue weighted by molar-refractivity contribution is 0.0999. The van der Waals surface area contributed by atoms with Crippen molar-refractivity contribution in [2.75, 3.05) is 37.6 Å². The Kier molecular flexibility index (Phi) is 4.80. The molecule has 0 aromatic carbocycles. The van der Waals surface area contributed by atoms with Gasteiger partial charge in [-0.3, -0.25) is 9.69 Å². The molecular weight excluding hydrogens is 266 g/mol. The predicted octanol–water partition coefficient (Wildman–Crippen LogP) is 0.267. The van der Waals surface area contributed by atoms with E-state index in [1.54, 1.807) is 0 Å². The van der Waals surface area contributed by atoms with Gasteiger partial charge >= 0.3 is 0 Å².